The van der Waals surface area contributed by atoms with E-state index in [-0.39, 0.29) is 5.91 Å². The lowest BCUT2D eigenvalue weighted by Gasteiger charge is -2.02. The summed E-state index contributed by atoms with van der Waals surface area (Å²) in [5, 5.41) is 13.4. The Hall–Kier alpha value is -1.97. The van der Waals surface area contributed by atoms with Crippen molar-refractivity contribution < 1.29 is 10.0 Å². The zero-order valence-electron chi connectivity index (χ0n) is 8.40. The van der Waals surface area contributed by atoms with E-state index in [4.69, 9.17) is 0 Å². The van der Waals surface area contributed by atoms with E-state index in [1.807, 2.05) is 30.3 Å². The van der Waals surface area contributed by atoms with Crippen LogP contribution in [0.2, 0.25) is 0 Å². The largest absolute Gasteiger partial charge is 0.428 e. The molecule has 0 aliphatic heterocycles. The van der Waals surface area contributed by atoms with Crippen molar-refractivity contribution in [3.8, 4) is 0 Å². The van der Waals surface area contributed by atoms with Gasteiger partial charge in [0.2, 0.25) is 5.91 Å². The molecule has 0 radical (unpaired) electrons. The van der Waals surface area contributed by atoms with Crippen molar-refractivity contribution >= 4 is 16.8 Å². The molecule has 4 heteroatoms. The summed E-state index contributed by atoms with van der Waals surface area (Å²) in [5.74, 6) is -0.111. The Morgan fingerprint density at radius 3 is 2.87 bits per heavy atom. The van der Waals surface area contributed by atoms with Gasteiger partial charge >= 0.3 is 0 Å². The highest BCUT2D eigenvalue weighted by Crippen LogP contribution is 2.17. The van der Waals surface area contributed by atoms with E-state index >= 15 is 0 Å². The molecule has 0 unspecified atom stereocenters. The summed E-state index contributed by atoms with van der Waals surface area (Å²) < 4.78 is 1.10. The maximum Gasteiger partial charge on any atom is 0.217 e. The van der Waals surface area contributed by atoms with Crippen LogP contribution >= 0.6 is 0 Å². The molecule has 15 heavy (non-hydrogen) atoms. The van der Waals surface area contributed by atoms with Crippen molar-refractivity contribution in [1.29, 1.82) is 0 Å². The van der Waals surface area contributed by atoms with E-state index in [1.54, 1.807) is 0 Å². The van der Waals surface area contributed by atoms with Crippen molar-refractivity contribution in [2.24, 2.45) is 0 Å². The van der Waals surface area contributed by atoms with Gasteiger partial charge in [-0.1, -0.05) is 18.2 Å². The van der Waals surface area contributed by atoms with Crippen LogP contribution in [-0.4, -0.2) is 15.8 Å². The maximum absolute atomic E-state index is 10.7. The third-order valence-electron chi connectivity index (χ3n) is 2.28. The van der Waals surface area contributed by atoms with E-state index in [1.165, 1.54) is 6.92 Å². The van der Waals surface area contributed by atoms with Crippen LogP contribution in [-0.2, 0) is 11.3 Å². The number of benzene rings is 1. The first-order valence-corrected chi connectivity index (χ1v) is 4.71. The summed E-state index contributed by atoms with van der Waals surface area (Å²) in [6.07, 6.45) is 0. The highest BCUT2D eigenvalue weighted by atomic mass is 16.5. The summed E-state index contributed by atoms with van der Waals surface area (Å²) in [4.78, 5) is 10.7. The number of nitrogens with one attached hydrogen (secondary N) is 1. The van der Waals surface area contributed by atoms with Gasteiger partial charge in [-0.3, -0.25) is 4.79 Å². The minimum absolute atomic E-state index is 0.111. The molecule has 0 aliphatic rings. The van der Waals surface area contributed by atoms with Gasteiger partial charge in [0.1, 0.15) is 0 Å². The van der Waals surface area contributed by atoms with E-state index in [2.05, 4.69) is 5.32 Å². The molecular formula is C11H12N2O2. The Kier molecular flexibility index (Phi) is 2.33. The fraction of sp³-hybridized carbons (Fsp3) is 0.182. The molecule has 1 aromatic heterocycles. The molecule has 1 aromatic carbocycles. The minimum Gasteiger partial charge on any atom is -0.428 e. The average molecular weight is 204 g/mol. The molecule has 4 nitrogen and oxygen atoms in total. The molecule has 0 fully saturated rings. The minimum atomic E-state index is -0.111. The van der Waals surface area contributed by atoms with E-state index < -0.39 is 0 Å². The summed E-state index contributed by atoms with van der Waals surface area (Å²) in [6.45, 7) is 1.78. The molecule has 78 valence electrons. The quantitative estimate of drug-likeness (QED) is 0.728. The van der Waals surface area contributed by atoms with Crippen LogP contribution in [0.3, 0.4) is 0 Å². The first-order valence-electron chi connectivity index (χ1n) is 4.71. The number of amides is 1. The fourth-order valence-corrected chi connectivity index (χ4v) is 1.54. The molecular weight excluding hydrogens is 192 g/mol. The summed E-state index contributed by atoms with van der Waals surface area (Å²) >= 11 is 0. The normalized spacial score (nSPS) is 10.5. The third-order valence-corrected chi connectivity index (χ3v) is 2.28. The summed E-state index contributed by atoms with van der Waals surface area (Å²) in [6, 6.07) is 9.36. The molecule has 0 saturated carbocycles. The predicted octanol–water partition coefficient (Wildman–Crippen LogP) is 1.51. The SMILES string of the molecule is CC(=O)NCc1cc2ccccc2n1O. The van der Waals surface area contributed by atoms with Crippen molar-refractivity contribution in [3.05, 3.63) is 36.0 Å². The molecule has 0 atom stereocenters. The summed E-state index contributed by atoms with van der Waals surface area (Å²) in [7, 11) is 0. The van der Waals surface area contributed by atoms with Crippen molar-refractivity contribution in [2.45, 2.75) is 13.5 Å². The fourth-order valence-electron chi connectivity index (χ4n) is 1.54. The highest BCUT2D eigenvalue weighted by molar-refractivity contribution is 5.81. The molecule has 1 amide bonds. The molecule has 0 aliphatic carbocycles. The Bertz CT molecular complexity index is 502. The van der Waals surface area contributed by atoms with Crippen LogP contribution in [0.1, 0.15) is 12.6 Å². The van der Waals surface area contributed by atoms with Crippen LogP contribution < -0.4 is 5.32 Å². The monoisotopic (exact) mass is 204 g/mol. The lowest BCUT2D eigenvalue weighted by molar-refractivity contribution is -0.119. The Morgan fingerprint density at radius 1 is 1.47 bits per heavy atom. The lowest BCUT2D eigenvalue weighted by atomic mass is 10.2. The third kappa shape index (κ3) is 1.79. The Balaban J connectivity index is 2.36. The second-order valence-electron chi connectivity index (χ2n) is 3.42. The molecule has 0 spiro atoms. The van der Waals surface area contributed by atoms with Crippen molar-refractivity contribution in [3.63, 3.8) is 0 Å². The standard InChI is InChI=1S/C11H12N2O2/c1-8(14)12-7-10-6-9-4-2-3-5-11(9)13(10)15/h2-6,15H,7H2,1H3,(H,12,14). The van der Waals surface area contributed by atoms with Gasteiger partial charge in [0, 0.05) is 12.3 Å². The van der Waals surface area contributed by atoms with Gasteiger partial charge in [0.25, 0.3) is 0 Å². The number of nitrogens with zero attached hydrogens (tertiary/aromatic N) is 1. The first-order chi connectivity index (χ1) is 7.18. The number of carbonyl (C=O) groups is 1. The molecule has 2 N–H and O–H groups in total. The Morgan fingerprint density at radius 2 is 2.20 bits per heavy atom. The van der Waals surface area contributed by atoms with Crippen LogP contribution in [0, 0.1) is 0 Å². The van der Waals surface area contributed by atoms with Gasteiger partial charge in [-0.2, -0.15) is 4.73 Å². The smallest absolute Gasteiger partial charge is 0.217 e. The number of fused-ring (bicyclic) bond motifs is 1. The predicted molar refractivity (Wildman–Crippen MR) is 56.6 cm³/mol. The van der Waals surface area contributed by atoms with E-state index in [9.17, 15) is 10.0 Å². The second kappa shape index (κ2) is 3.65. The second-order valence-corrected chi connectivity index (χ2v) is 3.42. The Labute approximate surface area is 87.1 Å². The molecule has 0 bridgehead atoms. The molecule has 1 heterocycles. The topological polar surface area (TPSA) is 54.3 Å². The highest BCUT2D eigenvalue weighted by Gasteiger charge is 2.06. The number of rotatable bonds is 2. The van der Waals surface area contributed by atoms with Gasteiger partial charge in [-0.25, -0.2) is 0 Å². The maximum atomic E-state index is 10.7. The van der Waals surface area contributed by atoms with E-state index in [0.717, 1.165) is 15.6 Å². The van der Waals surface area contributed by atoms with Gasteiger partial charge in [-0.15, -0.1) is 0 Å². The zero-order chi connectivity index (χ0) is 10.8. The van der Waals surface area contributed by atoms with Crippen LogP contribution in [0.25, 0.3) is 10.9 Å². The first kappa shape index (κ1) is 9.58. The molecule has 0 saturated heterocycles. The van der Waals surface area contributed by atoms with Gasteiger partial charge < -0.3 is 10.5 Å². The zero-order valence-corrected chi connectivity index (χ0v) is 8.40. The van der Waals surface area contributed by atoms with Gasteiger partial charge in [-0.05, 0) is 12.1 Å². The number of para-hydroxylation sites is 1. The number of hydrogen-bond acceptors (Lipinski definition) is 2. The lowest BCUT2D eigenvalue weighted by Crippen LogP contribution is -2.20. The molecule has 2 aromatic rings. The average Bonchev–Trinajstić information content (AvgIpc) is 2.54. The number of aromatic nitrogens is 1. The number of hydrogen-bond donors (Lipinski definition) is 2. The van der Waals surface area contributed by atoms with E-state index in [0.29, 0.717) is 12.2 Å². The number of carbonyl (C=O) groups excluding carboxylic acids is 1. The van der Waals surface area contributed by atoms with Gasteiger partial charge in [0.15, 0.2) is 0 Å². The van der Waals surface area contributed by atoms with Crippen molar-refractivity contribution in [1.82, 2.24) is 10.0 Å². The van der Waals surface area contributed by atoms with Crippen molar-refractivity contribution in [2.75, 3.05) is 0 Å². The van der Waals surface area contributed by atoms with Crippen LogP contribution in [0.5, 0.6) is 0 Å². The summed E-state index contributed by atoms with van der Waals surface area (Å²) in [5.41, 5.74) is 1.42. The van der Waals surface area contributed by atoms with Gasteiger partial charge in [0.05, 0.1) is 17.8 Å². The molecule has 2 rings (SSSR count). The van der Waals surface area contributed by atoms with Crippen LogP contribution in [0.4, 0.5) is 0 Å². The van der Waals surface area contributed by atoms with Crippen LogP contribution in [0.15, 0.2) is 30.3 Å².